The van der Waals surface area contributed by atoms with E-state index in [0.717, 1.165) is 39.2 Å². The molecule has 2 heterocycles. The molecule has 0 aromatic rings. The molecule has 0 spiro atoms. The number of nitrogens with one attached hydrogen (secondary N) is 1. The van der Waals surface area contributed by atoms with E-state index in [9.17, 15) is 4.79 Å². The maximum Gasteiger partial charge on any atom is 0.224 e. The van der Waals surface area contributed by atoms with Gasteiger partial charge in [0.15, 0.2) is 0 Å². The molecule has 0 aromatic heterocycles. The van der Waals surface area contributed by atoms with Crippen LogP contribution in [0.5, 0.6) is 0 Å². The average Bonchev–Trinajstić information content (AvgIpc) is 2.47. The van der Waals surface area contributed by atoms with Crippen LogP contribution in [0.3, 0.4) is 0 Å². The van der Waals surface area contributed by atoms with Crippen molar-refractivity contribution in [2.24, 2.45) is 5.92 Å². The van der Waals surface area contributed by atoms with Crippen molar-refractivity contribution in [2.45, 2.75) is 38.8 Å². The van der Waals surface area contributed by atoms with Crippen molar-refractivity contribution < 1.29 is 9.53 Å². The number of morpholine rings is 1. The number of carbonyl (C=O) groups is 1. The summed E-state index contributed by atoms with van der Waals surface area (Å²) in [6, 6.07) is 0.569. The lowest BCUT2D eigenvalue weighted by molar-refractivity contribution is -0.135. The highest BCUT2D eigenvalue weighted by molar-refractivity contribution is 5.77. The van der Waals surface area contributed by atoms with E-state index >= 15 is 0 Å². The topological polar surface area (TPSA) is 44.8 Å². The Morgan fingerprint density at radius 2 is 2.30 bits per heavy atom. The van der Waals surface area contributed by atoms with E-state index in [0.29, 0.717) is 25.0 Å². The predicted octanol–water partition coefficient (Wildman–Crippen LogP) is 0.554. The van der Waals surface area contributed by atoms with Crippen LogP contribution in [0.15, 0.2) is 0 Å². The maximum atomic E-state index is 12.4. The molecule has 5 nitrogen and oxygen atoms in total. The van der Waals surface area contributed by atoms with Gasteiger partial charge in [-0.15, -0.1) is 0 Å². The molecule has 2 aliphatic rings. The third-order valence-electron chi connectivity index (χ3n) is 4.70. The minimum absolute atomic E-state index is 0.185. The smallest absolute Gasteiger partial charge is 0.224 e. The number of rotatable bonds is 4. The van der Waals surface area contributed by atoms with Crippen LogP contribution in [0.1, 0.15) is 26.7 Å². The van der Waals surface area contributed by atoms with Crippen LogP contribution in [0.2, 0.25) is 0 Å². The number of hydrogen-bond acceptors (Lipinski definition) is 4. The van der Waals surface area contributed by atoms with E-state index in [1.807, 2.05) is 11.9 Å². The first-order valence-corrected chi connectivity index (χ1v) is 7.91. The minimum atomic E-state index is 0.185. The maximum absolute atomic E-state index is 12.4. The van der Waals surface area contributed by atoms with Gasteiger partial charge < -0.3 is 19.9 Å². The van der Waals surface area contributed by atoms with E-state index < -0.39 is 0 Å². The van der Waals surface area contributed by atoms with Crippen molar-refractivity contribution in [3.8, 4) is 0 Å². The Morgan fingerprint density at radius 1 is 1.50 bits per heavy atom. The van der Waals surface area contributed by atoms with Crippen LogP contribution < -0.4 is 5.32 Å². The van der Waals surface area contributed by atoms with Crippen LogP contribution in [0.25, 0.3) is 0 Å². The van der Waals surface area contributed by atoms with Crippen LogP contribution >= 0.6 is 0 Å². The fourth-order valence-electron chi connectivity index (χ4n) is 3.37. The highest BCUT2D eigenvalue weighted by Crippen LogP contribution is 2.22. The molecule has 2 saturated heterocycles. The number of amides is 1. The molecule has 1 N–H and O–H groups in total. The monoisotopic (exact) mass is 283 g/mol. The summed E-state index contributed by atoms with van der Waals surface area (Å²) in [4.78, 5) is 16.9. The van der Waals surface area contributed by atoms with Gasteiger partial charge in [0.05, 0.1) is 13.2 Å². The number of nitrogens with zero attached hydrogens (tertiary/aromatic N) is 2. The molecule has 3 atom stereocenters. The molecule has 3 unspecified atom stereocenters. The van der Waals surface area contributed by atoms with Gasteiger partial charge in [-0.2, -0.15) is 0 Å². The van der Waals surface area contributed by atoms with Gasteiger partial charge in [0, 0.05) is 45.2 Å². The summed E-state index contributed by atoms with van der Waals surface area (Å²) in [6.07, 6.45) is 1.64. The van der Waals surface area contributed by atoms with Gasteiger partial charge in [-0.1, -0.05) is 13.8 Å². The standard InChI is InChI=1S/C15H29N3O2/c1-4-18-7-5-14(12(2)10-18)17(3)15(19)9-13-11-20-8-6-16-13/h12-14,16H,4-11H2,1-3H3. The number of carbonyl (C=O) groups excluding carboxylic acids is 1. The molecule has 0 saturated carbocycles. The quantitative estimate of drug-likeness (QED) is 0.818. The molecule has 0 bridgehead atoms. The van der Waals surface area contributed by atoms with Crippen molar-refractivity contribution in [1.82, 2.24) is 15.1 Å². The van der Waals surface area contributed by atoms with E-state index in [2.05, 4.69) is 24.1 Å². The first kappa shape index (κ1) is 15.7. The SMILES string of the molecule is CCN1CCC(N(C)C(=O)CC2COCCN2)C(C)C1. The summed E-state index contributed by atoms with van der Waals surface area (Å²) in [7, 11) is 1.97. The van der Waals surface area contributed by atoms with Crippen molar-refractivity contribution in [1.29, 1.82) is 0 Å². The second-order valence-electron chi connectivity index (χ2n) is 6.16. The molecular formula is C15H29N3O2. The van der Waals surface area contributed by atoms with Crippen LogP contribution in [0.4, 0.5) is 0 Å². The Balaban J connectivity index is 1.83. The molecule has 0 radical (unpaired) electrons. The second-order valence-corrected chi connectivity index (χ2v) is 6.16. The highest BCUT2D eigenvalue weighted by Gasteiger charge is 2.31. The number of hydrogen-bond donors (Lipinski definition) is 1. The fourth-order valence-corrected chi connectivity index (χ4v) is 3.37. The third-order valence-corrected chi connectivity index (χ3v) is 4.70. The van der Waals surface area contributed by atoms with E-state index in [4.69, 9.17) is 4.74 Å². The van der Waals surface area contributed by atoms with Gasteiger partial charge >= 0.3 is 0 Å². The highest BCUT2D eigenvalue weighted by atomic mass is 16.5. The second kappa shape index (κ2) is 7.38. The number of likely N-dealkylation sites (tertiary alicyclic amines) is 1. The molecule has 5 heteroatoms. The lowest BCUT2D eigenvalue weighted by atomic mass is 9.92. The molecule has 0 aliphatic carbocycles. The molecular weight excluding hydrogens is 254 g/mol. The Kier molecular flexibility index (Phi) is 5.81. The summed E-state index contributed by atoms with van der Waals surface area (Å²) >= 11 is 0. The summed E-state index contributed by atoms with van der Waals surface area (Å²) in [5.74, 6) is 0.794. The zero-order valence-corrected chi connectivity index (χ0v) is 13.1. The Morgan fingerprint density at radius 3 is 2.90 bits per heavy atom. The van der Waals surface area contributed by atoms with Crippen LogP contribution in [-0.2, 0) is 9.53 Å². The number of piperidine rings is 1. The molecule has 0 aromatic carbocycles. The summed E-state index contributed by atoms with van der Waals surface area (Å²) in [5.41, 5.74) is 0. The van der Waals surface area contributed by atoms with Gasteiger partial charge in [-0.05, 0) is 18.9 Å². The van der Waals surface area contributed by atoms with Crippen LogP contribution in [-0.4, -0.2) is 74.2 Å². The molecule has 2 fully saturated rings. The Bertz CT molecular complexity index is 318. The largest absolute Gasteiger partial charge is 0.378 e. The fraction of sp³-hybridized carbons (Fsp3) is 0.933. The lowest BCUT2D eigenvalue weighted by Crippen LogP contribution is -2.52. The van der Waals surface area contributed by atoms with Gasteiger partial charge in [-0.25, -0.2) is 0 Å². The van der Waals surface area contributed by atoms with Gasteiger partial charge in [0.1, 0.15) is 0 Å². The Labute approximate surface area is 122 Å². The lowest BCUT2D eigenvalue weighted by Gasteiger charge is -2.41. The molecule has 1 amide bonds. The molecule has 2 aliphatic heterocycles. The Hall–Kier alpha value is -0.650. The van der Waals surface area contributed by atoms with Gasteiger partial charge in [0.25, 0.3) is 0 Å². The van der Waals surface area contributed by atoms with Gasteiger partial charge in [-0.3, -0.25) is 4.79 Å². The first-order valence-electron chi connectivity index (χ1n) is 7.91. The summed E-state index contributed by atoms with van der Waals surface area (Å²) < 4.78 is 5.42. The normalized spacial score (nSPS) is 32.0. The first-order chi connectivity index (χ1) is 9.61. The summed E-state index contributed by atoms with van der Waals surface area (Å²) in [6.45, 7) is 10.0. The minimum Gasteiger partial charge on any atom is -0.378 e. The van der Waals surface area contributed by atoms with E-state index in [1.54, 1.807) is 0 Å². The molecule has 116 valence electrons. The van der Waals surface area contributed by atoms with E-state index in [1.165, 1.54) is 0 Å². The number of ether oxygens (including phenoxy) is 1. The van der Waals surface area contributed by atoms with Crippen LogP contribution in [0, 0.1) is 5.92 Å². The zero-order chi connectivity index (χ0) is 14.5. The summed E-state index contributed by atoms with van der Waals surface area (Å²) in [5, 5.41) is 3.35. The molecule has 20 heavy (non-hydrogen) atoms. The van der Waals surface area contributed by atoms with Crippen molar-refractivity contribution in [3.63, 3.8) is 0 Å². The average molecular weight is 283 g/mol. The third kappa shape index (κ3) is 3.93. The zero-order valence-electron chi connectivity index (χ0n) is 13.1. The van der Waals surface area contributed by atoms with Crippen molar-refractivity contribution in [3.05, 3.63) is 0 Å². The van der Waals surface area contributed by atoms with Crippen molar-refractivity contribution >= 4 is 5.91 Å². The van der Waals surface area contributed by atoms with Gasteiger partial charge in [0.2, 0.25) is 5.91 Å². The van der Waals surface area contributed by atoms with Crippen molar-refractivity contribution in [2.75, 3.05) is 46.4 Å². The van der Waals surface area contributed by atoms with E-state index in [-0.39, 0.29) is 11.9 Å². The predicted molar refractivity (Wildman–Crippen MR) is 79.7 cm³/mol. The molecule has 2 rings (SSSR count).